The molecule has 1 saturated heterocycles. The summed E-state index contributed by atoms with van der Waals surface area (Å²) in [6.07, 6.45) is 22.0. The molecule has 0 spiro atoms. The number of allylic oxidation sites excluding steroid dienone is 12. The first-order chi connectivity index (χ1) is 37.3. The second-order valence-electron chi connectivity index (χ2n) is 18.9. The maximum absolute atomic E-state index is 13.4. The van der Waals surface area contributed by atoms with Gasteiger partial charge in [0, 0.05) is 31.4 Å². The van der Waals surface area contributed by atoms with Crippen LogP contribution < -0.4 is 11.4 Å². The molecule has 3 rings (SSSR count). The van der Waals surface area contributed by atoms with E-state index in [0.29, 0.717) is 25.7 Å². The molecular formula is C54H85N3O19P2. The van der Waals surface area contributed by atoms with Crippen LogP contribution in [0.15, 0.2) is 102 Å². The zero-order valence-corrected chi connectivity index (χ0v) is 46.8. The van der Waals surface area contributed by atoms with Gasteiger partial charge in [-0.05, 0) is 83.1 Å². The minimum atomic E-state index is -5.75. The normalized spacial score (nSPS) is 29.6. The summed E-state index contributed by atoms with van der Waals surface area (Å²) in [5.74, 6) is -2.92. The van der Waals surface area contributed by atoms with E-state index >= 15 is 0 Å². The summed E-state index contributed by atoms with van der Waals surface area (Å²) in [6.45, 7) is 1.27. The molecule has 0 radical (unpaired) electrons. The van der Waals surface area contributed by atoms with Crippen molar-refractivity contribution in [1.82, 2.24) is 9.55 Å². The molecule has 440 valence electrons. The lowest BCUT2D eigenvalue weighted by molar-refractivity contribution is -0.192. The van der Waals surface area contributed by atoms with Crippen LogP contribution in [-0.2, 0) is 51.0 Å². The van der Waals surface area contributed by atoms with E-state index in [1.807, 2.05) is 6.92 Å². The number of hydrogen-bond donors (Lipinski definition) is 8. The third-order valence-electron chi connectivity index (χ3n) is 12.2. The second-order valence-corrected chi connectivity index (χ2v) is 21.9. The Morgan fingerprint density at radius 2 is 1.49 bits per heavy atom. The number of aromatic nitrogens is 2. The first kappa shape index (κ1) is 68.1. The standard InChI is InChI=1S/C54H85N3O19P2/c1-3-5-7-8-9-10-11-12-13-14-15-16-17-18-19-20-21-22-28-32-49(61)73-42-38-70-48(60)31-27-24-23-26-30-43-44(59)37-50(62)74-45(34-33-41(58)29-25-6-4-2)51(63)52(64)46(40-72-78(68,69)76-77(66,67)71-39-42)75-53(43)57-36-35-47(55)56-54(57)65/h5,7,9-10,12-13,15-16,18-19,23,26,33-36,41-46,50-53,58-59,62-64H,3-4,6,8,11,14,17,20-22,24-25,27-32,37-40H2,1-2H3,(H,66,67)(H,68,69)(H2,55,56,65)/b7-5-,10-9-,13-12-,16-15-,19-18-,26-23?,34-33?/t41-,42+,43-,44-,45+,46+,50?,51-,52+,53+/m0/s1. The molecule has 3 unspecified atom stereocenters. The van der Waals surface area contributed by atoms with Crippen molar-refractivity contribution in [3.05, 3.63) is 108 Å². The van der Waals surface area contributed by atoms with Crippen LogP contribution in [0.3, 0.4) is 0 Å². The average Bonchev–Trinajstić information content (AvgIpc) is 3.40. The van der Waals surface area contributed by atoms with E-state index in [2.05, 4.69) is 77.0 Å². The first-order valence-electron chi connectivity index (χ1n) is 27.0. The largest absolute Gasteiger partial charge is 0.481 e. The Morgan fingerprint density at radius 1 is 0.833 bits per heavy atom. The monoisotopic (exact) mass is 1140 g/mol. The van der Waals surface area contributed by atoms with Gasteiger partial charge in [0.05, 0.1) is 25.4 Å². The summed E-state index contributed by atoms with van der Waals surface area (Å²) in [5, 5.41) is 56.9. The van der Waals surface area contributed by atoms with Crippen molar-refractivity contribution in [1.29, 1.82) is 0 Å². The SMILES string of the molecule is CC/C=C\C/C=C\C/C=C\C/C=C\C/C=C\CCCCCC(=O)O[C@@H]1COC(=O)CCCC=CC[C@@H]2[C@H](n3ccc(N)nc3=O)O[C@H](COP(=O)(O)OP(=O)(O)OC1)[C@@H](O)[C@@H](O)[C@@H](C=C[C@@H](O)CCCCC)OC(O)C[C@@H]2O. The van der Waals surface area contributed by atoms with Crippen molar-refractivity contribution >= 4 is 33.4 Å². The highest BCUT2D eigenvalue weighted by atomic mass is 31.3. The molecule has 9 N–H and O–H groups in total. The number of aliphatic hydroxyl groups excluding tert-OH is 5. The van der Waals surface area contributed by atoms with Crippen LogP contribution in [0.2, 0.25) is 0 Å². The Balaban J connectivity index is 1.77. The lowest BCUT2D eigenvalue weighted by Crippen LogP contribution is -2.49. The number of hydrogen-bond acceptors (Lipinski definition) is 19. The van der Waals surface area contributed by atoms with Gasteiger partial charge in [-0.15, -0.1) is 0 Å². The van der Waals surface area contributed by atoms with Crippen molar-refractivity contribution in [3.63, 3.8) is 0 Å². The van der Waals surface area contributed by atoms with Crippen LogP contribution in [0.4, 0.5) is 5.82 Å². The number of carbonyl (C=O) groups excluding carboxylic acids is 2. The minimum absolute atomic E-state index is 0.0494. The van der Waals surface area contributed by atoms with Crippen LogP contribution >= 0.6 is 15.6 Å². The van der Waals surface area contributed by atoms with E-state index in [4.69, 9.17) is 33.7 Å². The maximum Gasteiger partial charge on any atom is 0.481 e. The molecule has 24 heteroatoms. The molecule has 3 heterocycles. The Kier molecular flexibility index (Phi) is 33.5. The number of fused-ring (bicyclic) bond motifs is 3. The number of aliphatic hydroxyl groups is 5. The Morgan fingerprint density at radius 3 is 2.14 bits per heavy atom. The third kappa shape index (κ3) is 28.8. The summed E-state index contributed by atoms with van der Waals surface area (Å²) in [7, 11) is -11.4. The number of carbonyl (C=O) groups is 2. The van der Waals surface area contributed by atoms with Gasteiger partial charge in [0.2, 0.25) is 0 Å². The molecule has 2 bridgehead atoms. The van der Waals surface area contributed by atoms with Crippen LogP contribution in [0.1, 0.15) is 142 Å². The quantitative estimate of drug-likeness (QED) is 0.0227. The lowest BCUT2D eigenvalue weighted by atomic mass is 9.92. The summed E-state index contributed by atoms with van der Waals surface area (Å²) in [4.78, 5) is 64.4. The Hall–Kier alpha value is -4.22. The average molecular weight is 1140 g/mol. The number of cyclic esters (lactones) is 1. The van der Waals surface area contributed by atoms with E-state index in [9.17, 15) is 58.8 Å². The maximum atomic E-state index is 13.4. The molecule has 1 aromatic rings. The van der Waals surface area contributed by atoms with Gasteiger partial charge in [0.1, 0.15) is 43.1 Å². The molecule has 2 aliphatic heterocycles. The fourth-order valence-corrected chi connectivity index (χ4v) is 10.1. The molecule has 78 heavy (non-hydrogen) atoms. The minimum Gasteiger partial charge on any atom is -0.462 e. The topological polar surface area (TPSA) is 335 Å². The van der Waals surface area contributed by atoms with Gasteiger partial charge in [-0.2, -0.15) is 9.29 Å². The van der Waals surface area contributed by atoms with E-state index < -0.39 is 121 Å². The van der Waals surface area contributed by atoms with Gasteiger partial charge in [-0.1, -0.05) is 125 Å². The zero-order valence-electron chi connectivity index (χ0n) is 45.0. The number of rotatable bonds is 23. The summed E-state index contributed by atoms with van der Waals surface area (Å²) < 4.78 is 64.8. The van der Waals surface area contributed by atoms with Gasteiger partial charge in [0.15, 0.2) is 12.4 Å². The molecule has 2 aliphatic rings. The van der Waals surface area contributed by atoms with Crippen LogP contribution in [0, 0.1) is 5.92 Å². The predicted molar refractivity (Wildman–Crippen MR) is 292 cm³/mol. The zero-order chi connectivity index (χ0) is 57.2. The first-order valence-corrected chi connectivity index (χ1v) is 30.0. The van der Waals surface area contributed by atoms with Gasteiger partial charge in [-0.25, -0.2) is 13.9 Å². The molecule has 1 fully saturated rings. The molecular weight excluding hydrogens is 1060 g/mol. The van der Waals surface area contributed by atoms with Crippen molar-refractivity contribution in [2.24, 2.45) is 5.92 Å². The molecule has 0 aromatic carbocycles. The molecule has 0 aliphatic carbocycles. The Bertz CT molecular complexity index is 2270. The van der Waals surface area contributed by atoms with Crippen LogP contribution in [-0.4, -0.2) is 126 Å². The number of phosphoric ester groups is 2. The van der Waals surface area contributed by atoms with Crippen molar-refractivity contribution < 1.29 is 86.3 Å². The fraction of sp³-hybridized carbons (Fsp3) is 0.630. The lowest BCUT2D eigenvalue weighted by Gasteiger charge is -2.36. The molecule has 12 atom stereocenters. The number of nitrogen functional groups attached to an aromatic ring is 1. The van der Waals surface area contributed by atoms with E-state index in [0.717, 1.165) is 68.6 Å². The molecule has 0 saturated carbocycles. The number of anilines is 1. The number of phosphoric acid groups is 2. The number of esters is 2. The fourth-order valence-electron chi connectivity index (χ4n) is 8.02. The van der Waals surface area contributed by atoms with Crippen molar-refractivity contribution in [2.75, 3.05) is 25.6 Å². The van der Waals surface area contributed by atoms with Gasteiger partial charge in [0.25, 0.3) is 0 Å². The summed E-state index contributed by atoms with van der Waals surface area (Å²) >= 11 is 0. The molecule has 22 nitrogen and oxygen atoms in total. The van der Waals surface area contributed by atoms with Crippen LogP contribution in [0.25, 0.3) is 0 Å². The van der Waals surface area contributed by atoms with Gasteiger partial charge in [-0.3, -0.25) is 23.2 Å². The number of ether oxygens (including phenoxy) is 4. The highest BCUT2D eigenvalue weighted by Gasteiger charge is 2.44. The number of unbranched alkanes of at least 4 members (excludes halogenated alkanes) is 5. The molecule has 0 amide bonds. The second kappa shape index (κ2) is 38.4. The smallest absolute Gasteiger partial charge is 0.462 e. The van der Waals surface area contributed by atoms with E-state index in [1.54, 1.807) is 12.2 Å². The molecule has 1 aromatic heterocycles. The van der Waals surface area contributed by atoms with Gasteiger partial charge >= 0.3 is 33.3 Å². The predicted octanol–water partition coefficient (Wildman–Crippen LogP) is 7.55. The van der Waals surface area contributed by atoms with E-state index in [1.165, 1.54) is 18.2 Å². The number of nitrogens with zero attached hydrogens (tertiary/aromatic N) is 2. The van der Waals surface area contributed by atoms with Crippen molar-refractivity contribution in [2.45, 2.75) is 191 Å². The highest BCUT2D eigenvalue weighted by molar-refractivity contribution is 7.61. The van der Waals surface area contributed by atoms with Crippen molar-refractivity contribution in [3.8, 4) is 0 Å². The van der Waals surface area contributed by atoms with E-state index in [-0.39, 0.29) is 37.9 Å². The third-order valence-corrected chi connectivity index (χ3v) is 14.8. The highest BCUT2D eigenvalue weighted by Crippen LogP contribution is 2.60. The summed E-state index contributed by atoms with van der Waals surface area (Å²) in [6, 6.07) is 1.22. The summed E-state index contributed by atoms with van der Waals surface area (Å²) in [5.41, 5.74) is 4.75. The van der Waals surface area contributed by atoms with Gasteiger partial charge < -0.3 is 60.0 Å². The van der Waals surface area contributed by atoms with Crippen LogP contribution in [0.5, 0.6) is 0 Å². The Labute approximate surface area is 458 Å². The number of nitrogens with two attached hydrogens (primary N) is 1.